The first-order valence-electron chi connectivity index (χ1n) is 9.51. The minimum Gasteiger partial charge on any atom is -0.330 e. The SMILES string of the molecule is C[C@H](Cl)C(=O)N(CC(=O)N1CCc2sccc2[C@@H]1c1ccc(F)cc1)C1CC1. The van der Waals surface area contributed by atoms with E-state index in [1.165, 1.54) is 17.0 Å². The Labute approximate surface area is 172 Å². The molecule has 0 radical (unpaired) electrons. The highest BCUT2D eigenvalue weighted by molar-refractivity contribution is 7.10. The molecule has 0 spiro atoms. The molecule has 1 aromatic heterocycles. The fourth-order valence-electron chi connectivity index (χ4n) is 3.83. The van der Waals surface area contributed by atoms with E-state index >= 15 is 0 Å². The van der Waals surface area contributed by atoms with E-state index in [1.54, 1.807) is 35.3 Å². The Balaban J connectivity index is 1.62. The van der Waals surface area contributed by atoms with Gasteiger partial charge in [-0.25, -0.2) is 4.39 Å². The number of carbonyl (C=O) groups is 2. The van der Waals surface area contributed by atoms with Gasteiger partial charge in [0.05, 0.1) is 6.04 Å². The van der Waals surface area contributed by atoms with Gasteiger partial charge in [-0.1, -0.05) is 12.1 Å². The average molecular weight is 421 g/mol. The molecule has 148 valence electrons. The van der Waals surface area contributed by atoms with E-state index in [9.17, 15) is 14.0 Å². The van der Waals surface area contributed by atoms with Gasteiger partial charge in [0.1, 0.15) is 17.7 Å². The number of halogens is 2. The van der Waals surface area contributed by atoms with Crippen molar-refractivity contribution < 1.29 is 14.0 Å². The van der Waals surface area contributed by atoms with Crippen molar-refractivity contribution >= 4 is 34.8 Å². The van der Waals surface area contributed by atoms with Gasteiger partial charge in [0, 0.05) is 17.5 Å². The molecule has 7 heteroatoms. The van der Waals surface area contributed by atoms with Crippen molar-refractivity contribution in [1.29, 1.82) is 0 Å². The molecule has 0 saturated heterocycles. The van der Waals surface area contributed by atoms with Crippen LogP contribution in [0, 0.1) is 5.82 Å². The molecule has 1 aromatic carbocycles. The van der Waals surface area contributed by atoms with E-state index in [0.29, 0.717) is 6.54 Å². The second-order valence-electron chi connectivity index (χ2n) is 7.40. The predicted molar refractivity (Wildman–Crippen MR) is 108 cm³/mol. The van der Waals surface area contributed by atoms with E-state index in [4.69, 9.17) is 11.6 Å². The molecule has 28 heavy (non-hydrogen) atoms. The van der Waals surface area contributed by atoms with Crippen molar-refractivity contribution in [3.8, 4) is 0 Å². The summed E-state index contributed by atoms with van der Waals surface area (Å²) >= 11 is 7.69. The van der Waals surface area contributed by atoms with Gasteiger partial charge < -0.3 is 9.80 Å². The van der Waals surface area contributed by atoms with Gasteiger partial charge in [0.25, 0.3) is 0 Å². The molecule has 2 atom stereocenters. The molecule has 0 bridgehead atoms. The van der Waals surface area contributed by atoms with Crippen LogP contribution in [0.5, 0.6) is 0 Å². The topological polar surface area (TPSA) is 40.6 Å². The van der Waals surface area contributed by atoms with Crippen molar-refractivity contribution in [2.75, 3.05) is 13.1 Å². The summed E-state index contributed by atoms with van der Waals surface area (Å²) < 4.78 is 13.4. The zero-order chi connectivity index (χ0) is 19.8. The van der Waals surface area contributed by atoms with Gasteiger partial charge in [0.2, 0.25) is 11.8 Å². The molecule has 2 heterocycles. The van der Waals surface area contributed by atoms with Crippen molar-refractivity contribution in [2.45, 2.75) is 43.6 Å². The molecule has 4 rings (SSSR count). The number of hydrogen-bond donors (Lipinski definition) is 0. The smallest absolute Gasteiger partial charge is 0.243 e. The number of rotatable bonds is 5. The van der Waals surface area contributed by atoms with Crippen LogP contribution in [0.2, 0.25) is 0 Å². The molecule has 4 nitrogen and oxygen atoms in total. The number of amides is 2. The predicted octanol–water partition coefficient (Wildman–Crippen LogP) is 3.98. The molecule has 0 unspecified atom stereocenters. The second-order valence-corrected chi connectivity index (χ2v) is 9.06. The molecule has 1 aliphatic heterocycles. The zero-order valence-electron chi connectivity index (χ0n) is 15.6. The Morgan fingerprint density at radius 3 is 2.64 bits per heavy atom. The summed E-state index contributed by atoms with van der Waals surface area (Å²) in [5.74, 6) is -0.586. The van der Waals surface area contributed by atoms with E-state index in [0.717, 1.165) is 30.4 Å². The van der Waals surface area contributed by atoms with Gasteiger partial charge in [-0.15, -0.1) is 22.9 Å². The normalized spacial score (nSPS) is 19.8. The molecular weight excluding hydrogens is 399 g/mol. The van der Waals surface area contributed by atoms with Crippen molar-refractivity contribution in [2.24, 2.45) is 0 Å². The summed E-state index contributed by atoms with van der Waals surface area (Å²) in [4.78, 5) is 30.4. The van der Waals surface area contributed by atoms with Gasteiger partial charge in [-0.3, -0.25) is 9.59 Å². The minimum absolute atomic E-state index is 0.0394. The molecule has 1 saturated carbocycles. The average Bonchev–Trinajstić information content (AvgIpc) is 3.41. The quantitative estimate of drug-likeness (QED) is 0.686. The highest BCUT2D eigenvalue weighted by Gasteiger charge is 2.38. The van der Waals surface area contributed by atoms with Gasteiger partial charge in [0.15, 0.2) is 0 Å². The first-order chi connectivity index (χ1) is 13.5. The second kappa shape index (κ2) is 7.84. The summed E-state index contributed by atoms with van der Waals surface area (Å²) in [7, 11) is 0. The lowest BCUT2D eigenvalue weighted by atomic mass is 9.93. The third-order valence-corrected chi connectivity index (χ3v) is 6.57. The van der Waals surface area contributed by atoms with Crippen LogP contribution in [0.3, 0.4) is 0 Å². The Bertz CT molecular complexity index is 879. The third kappa shape index (κ3) is 3.80. The molecular formula is C21H22ClFN2O2S. The lowest BCUT2D eigenvalue weighted by Gasteiger charge is -2.37. The van der Waals surface area contributed by atoms with Crippen molar-refractivity contribution in [1.82, 2.24) is 9.80 Å². The maximum Gasteiger partial charge on any atom is 0.243 e. The van der Waals surface area contributed by atoms with Crippen LogP contribution in [-0.2, 0) is 16.0 Å². The fourth-order valence-corrected chi connectivity index (χ4v) is 4.86. The van der Waals surface area contributed by atoms with Gasteiger partial charge in [-0.2, -0.15) is 0 Å². The largest absolute Gasteiger partial charge is 0.330 e. The first-order valence-corrected chi connectivity index (χ1v) is 10.8. The molecule has 2 aliphatic rings. The summed E-state index contributed by atoms with van der Waals surface area (Å²) in [5.41, 5.74) is 1.97. The highest BCUT2D eigenvalue weighted by atomic mass is 35.5. The van der Waals surface area contributed by atoms with Crippen LogP contribution in [0.15, 0.2) is 35.7 Å². The maximum absolute atomic E-state index is 13.4. The van der Waals surface area contributed by atoms with Gasteiger partial charge >= 0.3 is 0 Å². The Kier molecular flexibility index (Phi) is 5.43. The summed E-state index contributed by atoms with van der Waals surface area (Å²) in [6, 6.07) is 8.21. The summed E-state index contributed by atoms with van der Waals surface area (Å²) in [5, 5.41) is 1.39. The molecule has 2 amide bonds. The number of fused-ring (bicyclic) bond motifs is 1. The van der Waals surface area contributed by atoms with E-state index in [-0.39, 0.29) is 36.3 Å². The van der Waals surface area contributed by atoms with Crippen LogP contribution in [0.25, 0.3) is 0 Å². The van der Waals surface area contributed by atoms with E-state index in [2.05, 4.69) is 0 Å². The number of thiophene rings is 1. The van der Waals surface area contributed by atoms with E-state index in [1.807, 2.05) is 16.3 Å². The monoisotopic (exact) mass is 420 g/mol. The summed E-state index contributed by atoms with van der Waals surface area (Å²) in [6.07, 6.45) is 2.62. The van der Waals surface area contributed by atoms with Crippen molar-refractivity contribution in [3.05, 3.63) is 57.5 Å². The van der Waals surface area contributed by atoms with E-state index < -0.39 is 5.38 Å². The standard InChI is InChI=1S/C21H22ClFN2O2S/c1-13(22)21(27)25(16-6-7-16)12-19(26)24-10-8-18-17(9-11-28-18)20(24)14-2-4-15(23)5-3-14/h2-5,9,11,13,16,20H,6-8,10,12H2,1H3/t13-,20-/m0/s1. The summed E-state index contributed by atoms with van der Waals surface area (Å²) in [6.45, 7) is 2.26. The van der Waals surface area contributed by atoms with Crippen LogP contribution in [0.1, 0.15) is 41.8 Å². The fraction of sp³-hybridized carbons (Fsp3) is 0.429. The lowest BCUT2D eigenvalue weighted by molar-refractivity contribution is -0.141. The third-order valence-electron chi connectivity index (χ3n) is 5.39. The Morgan fingerprint density at radius 2 is 2.00 bits per heavy atom. The van der Waals surface area contributed by atoms with Crippen LogP contribution in [0.4, 0.5) is 4.39 Å². The Hall–Kier alpha value is -1.92. The van der Waals surface area contributed by atoms with Crippen molar-refractivity contribution in [3.63, 3.8) is 0 Å². The number of nitrogens with zero attached hydrogens (tertiary/aromatic N) is 2. The minimum atomic E-state index is -0.647. The first kappa shape index (κ1) is 19.4. The molecule has 0 N–H and O–H groups in total. The number of carbonyl (C=O) groups excluding carboxylic acids is 2. The van der Waals surface area contributed by atoms with Gasteiger partial charge in [-0.05, 0) is 60.9 Å². The highest BCUT2D eigenvalue weighted by Crippen LogP contribution is 2.38. The maximum atomic E-state index is 13.4. The lowest BCUT2D eigenvalue weighted by Crippen LogP contribution is -2.48. The number of benzene rings is 1. The van der Waals surface area contributed by atoms with Crippen LogP contribution < -0.4 is 0 Å². The van der Waals surface area contributed by atoms with Crippen LogP contribution in [-0.4, -0.2) is 46.1 Å². The Morgan fingerprint density at radius 1 is 1.29 bits per heavy atom. The molecule has 1 aliphatic carbocycles. The zero-order valence-corrected chi connectivity index (χ0v) is 17.2. The number of hydrogen-bond acceptors (Lipinski definition) is 3. The molecule has 1 fully saturated rings. The van der Waals surface area contributed by atoms with Crippen LogP contribution >= 0.6 is 22.9 Å². The number of alkyl halides is 1. The molecule has 2 aromatic rings.